The molecule has 1 saturated heterocycles. The molecule has 0 aliphatic carbocycles. The zero-order chi connectivity index (χ0) is 17.1. The molecule has 0 radical (unpaired) electrons. The SMILES string of the molecule is Clc1ccc2c(c1)C(C#CCN1CCOCC1)=Cc1ccccc1S2. The number of benzene rings is 2. The Labute approximate surface area is 157 Å². The van der Waals surface area contributed by atoms with Crippen LogP contribution in [0, 0.1) is 11.8 Å². The van der Waals surface area contributed by atoms with Crippen LogP contribution in [0.5, 0.6) is 0 Å². The molecule has 0 saturated carbocycles. The van der Waals surface area contributed by atoms with Crippen molar-refractivity contribution in [1.82, 2.24) is 4.90 Å². The fourth-order valence-corrected chi connectivity index (χ4v) is 4.17. The Morgan fingerprint density at radius 1 is 1.08 bits per heavy atom. The third-order valence-corrected chi connectivity index (χ3v) is 5.70. The second-order valence-corrected chi connectivity index (χ2v) is 7.55. The third kappa shape index (κ3) is 3.94. The van der Waals surface area contributed by atoms with E-state index in [0.717, 1.165) is 49.0 Å². The number of hydrogen-bond acceptors (Lipinski definition) is 3. The number of ether oxygens (including phenoxy) is 1. The lowest BCUT2D eigenvalue weighted by molar-refractivity contribution is 0.0443. The van der Waals surface area contributed by atoms with Gasteiger partial charge < -0.3 is 4.74 Å². The summed E-state index contributed by atoms with van der Waals surface area (Å²) in [6.07, 6.45) is 2.18. The van der Waals surface area contributed by atoms with Gasteiger partial charge in [-0.3, -0.25) is 4.90 Å². The summed E-state index contributed by atoms with van der Waals surface area (Å²) in [5.74, 6) is 6.73. The van der Waals surface area contributed by atoms with Crippen molar-refractivity contribution in [2.75, 3.05) is 32.8 Å². The van der Waals surface area contributed by atoms with E-state index in [4.69, 9.17) is 16.3 Å². The lowest BCUT2D eigenvalue weighted by Crippen LogP contribution is -2.36. The van der Waals surface area contributed by atoms with E-state index >= 15 is 0 Å². The van der Waals surface area contributed by atoms with E-state index in [9.17, 15) is 0 Å². The molecule has 0 bridgehead atoms. The number of hydrogen-bond donors (Lipinski definition) is 0. The molecule has 2 aromatic carbocycles. The Bertz CT molecular complexity index is 875. The number of morpholine rings is 1. The molecular weight excluding hydrogens is 350 g/mol. The van der Waals surface area contributed by atoms with Crippen molar-refractivity contribution in [2.24, 2.45) is 0 Å². The van der Waals surface area contributed by atoms with Crippen molar-refractivity contribution >= 4 is 35.0 Å². The van der Waals surface area contributed by atoms with E-state index in [1.807, 2.05) is 12.1 Å². The van der Waals surface area contributed by atoms with Gasteiger partial charge in [0.15, 0.2) is 0 Å². The molecule has 0 unspecified atom stereocenters. The molecule has 2 aromatic rings. The van der Waals surface area contributed by atoms with Crippen molar-refractivity contribution in [3.63, 3.8) is 0 Å². The van der Waals surface area contributed by atoms with Gasteiger partial charge in [0, 0.05) is 39.0 Å². The van der Waals surface area contributed by atoms with Gasteiger partial charge in [-0.1, -0.05) is 53.4 Å². The number of rotatable bonds is 1. The quantitative estimate of drug-likeness (QED) is 0.679. The van der Waals surface area contributed by atoms with E-state index in [0.29, 0.717) is 0 Å². The summed E-state index contributed by atoms with van der Waals surface area (Å²) in [4.78, 5) is 4.77. The standard InChI is InChI=1S/C21H18ClNOS/c22-18-7-8-21-19(15-18)16(5-3-9-23-10-12-24-13-11-23)14-17-4-1-2-6-20(17)25-21/h1-2,4,6-8,14-15H,9-13H2. The normalized spacial score (nSPS) is 16.8. The summed E-state index contributed by atoms with van der Waals surface area (Å²) in [5.41, 5.74) is 3.35. The highest BCUT2D eigenvalue weighted by Gasteiger charge is 2.15. The van der Waals surface area contributed by atoms with Gasteiger partial charge in [-0.2, -0.15) is 0 Å². The Balaban J connectivity index is 1.69. The van der Waals surface area contributed by atoms with E-state index in [1.165, 1.54) is 15.4 Å². The van der Waals surface area contributed by atoms with Gasteiger partial charge in [0.05, 0.1) is 19.8 Å². The van der Waals surface area contributed by atoms with Crippen LogP contribution in [-0.4, -0.2) is 37.7 Å². The molecule has 0 aromatic heterocycles. The summed E-state index contributed by atoms with van der Waals surface area (Å²) in [6, 6.07) is 14.5. The third-order valence-electron chi connectivity index (χ3n) is 4.30. The number of nitrogens with zero attached hydrogens (tertiary/aromatic N) is 1. The van der Waals surface area contributed by atoms with Crippen molar-refractivity contribution in [3.05, 3.63) is 58.6 Å². The van der Waals surface area contributed by atoms with Crippen molar-refractivity contribution in [1.29, 1.82) is 0 Å². The molecule has 4 heteroatoms. The van der Waals surface area contributed by atoms with Gasteiger partial charge in [-0.25, -0.2) is 0 Å². The van der Waals surface area contributed by atoms with Crippen LogP contribution >= 0.6 is 23.4 Å². The minimum Gasteiger partial charge on any atom is -0.379 e. The van der Waals surface area contributed by atoms with Crippen molar-refractivity contribution < 1.29 is 4.74 Å². The smallest absolute Gasteiger partial charge is 0.0606 e. The largest absolute Gasteiger partial charge is 0.379 e. The molecule has 0 amide bonds. The lowest BCUT2D eigenvalue weighted by Gasteiger charge is -2.24. The van der Waals surface area contributed by atoms with Crippen molar-refractivity contribution in [2.45, 2.75) is 9.79 Å². The molecule has 0 N–H and O–H groups in total. The fourth-order valence-electron chi connectivity index (χ4n) is 2.96. The van der Waals surface area contributed by atoms with Gasteiger partial charge in [-0.05, 0) is 35.9 Å². The second kappa shape index (κ2) is 7.68. The van der Waals surface area contributed by atoms with E-state index in [1.54, 1.807) is 11.8 Å². The lowest BCUT2D eigenvalue weighted by atomic mass is 10.0. The molecule has 0 atom stereocenters. The van der Waals surface area contributed by atoms with Crippen LogP contribution in [0.2, 0.25) is 5.02 Å². The number of allylic oxidation sites excluding steroid dienone is 1. The highest BCUT2D eigenvalue weighted by molar-refractivity contribution is 7.99. The van der Waals surface area contributed by atoms with Crippen LogP contribution in [0.25, 0.3) is 11.6 Å². The zero-order valence-electron chi connectivity index (χ0n) is 13.8. The summed E-state index contributed by atoms with van der Waals surface area (Å²) in [7, 11) is 0. The Hall–Kier alpha value is -1.70. The molecule has 2 heterocycles. The fraction of sp³-hybridized carbons (Fsp3) is 0.238. The molecular formula is C21H18ClNOS. The molecule has 4 rings (SSSR count). The van der Waals surface area contributed by atoms with Gasteiger partial charge in [0.25, 0.3) is 0 Å². The highest BCUT2D eigenvalue weighted by atomic mass is 35.5. The monoisotopic (exact) mass is 367 g/mol. The summed E-state index contributed by atoms with van der Waals surface area (Å²) in [5, 5.41) is 0.742. The molecule has 2 nitrogen and oxygen atoms in total. The van der Waals surface area contributed by atoms with Crippen LogP contribution in [0.1, 0.15) is 11.1 Å². The summed E-state index contributed by atoms with van der Waals surface area (Å²) < 4.78 is 5.39. The van der Waals surface area contributed by atoms with Crippen LogP contribution in [0.3, 0.4) is 0 Å². The molecule has 1 fully saturated rings. The Kier molecular flexibility index (Phi) is 5.14. The Morgan fingerprint density at radius 3 is 2.80 bits per heavy atom. The first kappa shape index (κ1) is 16.8. The maximum Gasteiger partial charge on any atom is 0.0606 e. The van der Waals surface area contributed by atoms with Crippen LogP contribution < -0.4 is 0 Å². The van der Waals surface area contributed by atoms with Gasteiger partial charge in [-0.15, -0.1) is 0 Å². The predicted octanol–water partition coefficient (Wildman–Crippen LogP) is 4.68. The highest BCUT2D eigenvalue weighted by Crippen LogP contribution is 2.41. The van der Waals surface area contributed by atoms with Gasteiger partial charge in [0.1, 0.15) is 0 Å². The first-order valence-corrected chi connectivity index (χ1v) is 9.56. The number of halogens is 1. The van der Waals surface area contributed by atoms with Crippen LogP contribution in [0.15, 0.2) is 52.3 Å². The molecule has 2 aliphatic rings. The topological polar surface area (TPSA) is 12.5 Å². The second-order valence-electron chi connectivity index (χ2n) is 6.03. The zero-order valence-corrected chi connectivity index (χ0v) is 15.4. The van der Waals surface area contributed by atoms with Gasteiger partial charge >= 0.3 is 0 Å². The van der Waals surface area contributed by atoms with Crippen LogP contribution in [-0.2, 0) is 4.74 Å². The van der Waals surface area contributed by atoms with Crippen LogP contribution in [0.4, 0.5) is 0 Å². The van der Waals surface area contributed by atoms with Gasteiger partial charge in [0.2, 0.25) is 0 Å². The molecule has 2 aliphatic heterocycles. The van der Waals surface area contributed by atoms with E-state index in [2.05, 4.69) is 53.1 Å². The van der Waals surface area contributed by atoms with E-state index < -0.39 is 0 Å². The Morgan fingerprint density at radius 2 is 1.92 bits per heavy atom. The first-order chi connectivity index (χ1) is 12.3. The average molecular weight is 368 g/mol. The summed E-state index contributed by atoms with van der Waals surface area (Å²) >= 11 is 8.03. The van der Waals surface area contributed by atoms with Crippen molar-refractivity contribution in [3.8, 4) is 11.8 Å². The van der Waals surface area contributed by atoms with E-state index in [-0.39, 0.29) is 0 Å². The minimum atomic E-state index is 0.742. The first-order valence-electron chi connectivity index (χ1n) is 8.37. The maximum atomic E-state index is 6.26. The molecule has 126 valence electrons. The minimum absolute atomic E-state index is 0.742. The maximum absolute atomic E-state index is 6.26. The average Bonchev–Trinajstić information content (AvgIpc) is 2.79. The summed E-state index contributed by atoms with van der Waals surface area (Å²) in [6.45, 7) is 4.27. The predicted molar refractivity (Wildman–Crippen MR) is 105 cm³/mol. The molecule has 25 heavy (non-hydrogen) atoms. The molecule has 0 spiro atoms. The number of fused-ring (bicyclic) bond motifs is 2.